The lowest BCUT2D eigenvalue weighted by Gasteiger charge is -2.15. The van der Waals surface area contributed by atoms with Crippen LogP contribution >= 0.6 is 7.92 Å². The second-order valence-corrected chi connectivity index (χ2v) is 5.74. The van der Waals surface area contributed by atoms with Crippen LogP contribution in [0.25, 0.3) is 0 Å². The molecule has 0 bridgehead atoms. The van der Waals surface area contributed by atoms with Crippen LogP contribution in [-0.4, -0.2) is 12.3 Å². The molecule has 14 heavy (non-hydrogen) atoms. The fourth-order valence-electron chi connectivity index (χ4n) is 1.38. The first-order valence-corrected chi connectivity index (χ1v) is 6.50. The summed E-state index contributed by atoms with van der Waals surface area (Å²) in [5.41, 5.74) is 1.27. The predicted molar refractivity (Wildman–Crippen MR) is 67.7 cm³/mol. The predicted octanol–water partition coefficient (Wildman–Crippen LogP) is 3.56. The van der Waals surface area contributed by atoms with Crippen LogP contribution in [0, 0.1) is 0 Å². The van der Waals surface area contributed by atoms with Crippen molar-refractivity contribution in [2.45, 2.75) is 6.92 Å². The first kappa shape index (κ1) is 11.2. The Morgan fingerprint density at radius 1 is 1.36 bits per heavy atom. The van der Waals surface area contributed by atoms with E-state index < -0.39 is 0 Å². The first-order valence-electron chi connectivity index (χ1n) is 4.79. The van der Waals surface area contributed by atoms with E-state index in [1.165, 1.54) is 10.9 Å². The number of hydrogen-bond acceptors (Lipinski definition) is 0. The third kappa shape index (κ3) is 3.47. The molecule has 0 saturated heterocycles. The number of rotatable bonds is 5. The van der Waals surface area contributed by atoms with Gasteiger partial charge in [0.25, 0.3) is 0 Å². The molecule has 1 aromatic carbocycles. The molecular weight excluding hydrogens is 187 g/mol. The molecule has 0 nitrogen and oxygen atoms in total. The van der Waals surface area contributed by atoms with E-state index in [1.807, 2.05) is 6.08 Å². The highest BCUT2D eigenvalue weighted by atomic mass is 31.1. The SMILES string of the molecule is C=CCP(CC(=C)C)c1ccccc1. The van der Waals surface area contributed by atoms with Crippen LogP contribution in [0.2, 0.25) is 0 Å². The number of hydrogen-bond donors (Lipinski definition) is 0. The van der Waals surface area contributed by atoms with Crippen LogP contribution in [0.3, 0.4) is 0 Å². The van der Waals surface area contributed by atoms with Crippen LogP contribution in [0.4, 0.5) is 0 Å². The smallest absolute Gasteiger partial charge is 0.00768 e. The van der Waals surface area contributed by atoms with Crippen molar-refractivity contribution in [3.8, 4) is 0 Å². The summed E-state index contributed by atoms with van der Waals surface area (Å²) in [7, 11) is -0.113. The lowest BCUT2D eigenvalue weighted by Crippen LogP contribution is -2.05. The topological polar surface area (TPSA) is 0 Å². The van der Waals surface area contributed by atoms with Crippen LogP contribution in [0.15, 0.2) is 55.1 Å². The maximum atomic E-state index is 3.98. The molecule has 0 saturated carbocycles. The van der Waals surface area contributed by atoms with Gasteiger partial charge in [-0.1, -0.05) is 56.5 Å². The van der Waals surface area contributed by atoms with Crippen molar-refractivity contribution in [2.24, 2.45) is 0 Å². The second-order valence-electron chi connectivity index (χ2n) is 3.46. The second kappa shape index (κ2) is 5.78. The highest BCUT2D eigenvalue weighted by molar-refractivity contribution is 7.66. The minimum atomic E-state index is -0.113. The normalized spacial score (nSPS) is 12.1. The maximum Gasteiger partial charge on any atom is -0.00768 e. The Hall–Kier alpha value is -0.870. The zero-order valence-corrected chi connectivity index (χ0v) is 9.63. The molecule has 0 heterocycles. The van der Waals surface area contributed by atoms with E-state index in [9.17, 15) is 0 Å². The number of allylic oxidation sites excluding steroid dienone is 2. The summed E-state index contributed by atoms with van der Waals surface area (Å²) in [5.74, 6) is 0. The molecule has 1 aromatic rings. The van der Waals surface area contributed by atoms with Gasteiger partial charge in [0.05, 0.1) is 0 Å². The van der Waals surface area contributed by atoms with Gasteiger partial charge < -0.3 is 0 Å². The highest BCUT2D eigenvalue weighted by Gasteiger charge is 2.08. The number of benzene rings is 1. The summed E-state index contributed by atoms with van der Waals surface area (Å²) in [6.45, 7) is 9.90. The van der Waals surface area contributed by atoms with Gasteiger partial charge in [0.15, 0.2) is 0 Å². The van der Waals surface area contributed by atoms with Gasteiger partial charge in [0.2, 0.25) is 0 Å². The van der Waals surface area contributed by atoms with Gasteiger partial charge in [-0.3, -0.25) is 0 Å². The van der Waals surface area contributed by atoms with E-state index >= 15 is 0 Å². The molecule has 0 aromatic heterocycles. The van der Waals surface area contributed by atoms with E-state index in [0.717, 1.165) is 12.3 Å². The van der Waals surface area contributed by atoms with Crippen molar-refractivity contribution in [2.75, 3.05) is 12.3 Å². The van der Waals surface area contributed by atoms with Gasteiger partial charge in [0, 0.05) is 0 Å². The van der Waals surface area contributed by atoms with Gasteiger partial charge in [0.1, 0.15) is 0 Å². The third-order valence-electron chi connectivity index (χ3n) is 1.93. The standard InChI is InChI=1S/C13H17P/c1-4-10-14(11-12(2)3)13-8-6-5-7-9-13/h4-9H,1-2,10-11H2,3H3. The van der Waals surface area contributed by atoms with E-state index in [0.29, 0.717) is 0 Å². The van der Waals surface area contributed by atoms with Crippen LogP contribution in [0.5, 0.6) is 0 Å². The van der Waals surface area contributed by atoms with Crippen molar-refractivity contribution < 1.29 is 0 Å². The molecule has 0 aliphatic carbocycles. The van der Waals surface area contributed by atoms with Crippen molar-refractivity contribution in [1.29, 1.82) is 0 Å². The molecule has 0 aliphatic rings. The monoisotopic (exact) mass is 204 g/mol. The lowest BCUT2D eigenvalue weighted by atomic mass is 10.4. The molecule has 1 atom stereocenters. The average Bonchev–Trinajstić information content (AvgIpc) is 2.18. The van der Waals surface area contributed by atoms with E-state index in [1.54, 1.807) is 0 Å². The van der Waals surface area contributed by atoms with Gasteiger partial charge in [-0.25, -0.2) is 0 Å². The van der Waals surface area contributed by atoms with E-state index in [2.05, 4.69) is 50.4 Å². The highest BCUT2D eigenvalue weighted by Crippen LogP contribution is 2.35. The molecule has 0 radical (unpaired) electrons. The summed E-state index contributed by atoms with van der Waals surface area (Å²) < 4.78 is 0. The fraction of sp³-hybridized carbons (Fsp3) is 0.231. The largest absolute Gasteiger partial charge is 0.103 e. The maximum absolute atomic E-state index is 3.98. The first-order chi connectivity index (χ1) is 6.74. The zero-order valence-electron chi connectivity index (χ0n) is 8.74. The Morgan fingerprint density at radius 2 is 2.00 bits per heavy atom. The van der Waals surface area contributed by atoms with Crippen LogP contribution < -0.4 is 5.30 Å². The summed E-state index contributed by atoms with van der Waals surface area (Å²) in [6.07, 6.45) is 4.22. The summed E-state index contributed by atoms with van der Waals surface area (Å²) in [5, 5.41) is 1.45. The van der Waals surface area contributed by atoms with E-state index in [4.69, 9.17) is 0 Å². The molecule has 1 rings (SSSR count). The average molecular weight is 204 g/mol. The van der Waals surface area contributed by atoms with Gasteiger partial charge in [-0.2, -0.15) is 0 Å². The molecular formula is C13H17P. The Morgan fingerprint density at radius 3 is 2.50 bits per heavy atom. The van der Waals surface area contributed by atoms with Crippen LogP contribution in [-0.2, 0) is 0 Å². The molecule has 74 valence electrons. The molecule has 1 heteroatoms. The van der Waals surface area contributed by atoms with Crippen molar-refractivity contribution in [3.05, 3.63) is 55.1 Å². The van der Waals surface area contributed by atoms with Gasteiger partial charge >= 0.3 is 0 Å². The minimum Gasteiger partial charge on any atom is -0.103 e. The quantitative estimate of drug-likeness (QED) is 0.508. The van der Waals surface area contributed by atoms with Crippen molar-refractivity contribution >= 4 is 13.2 Å². The zero-order chi connectivity index (χ0) is 10.4. The Bertz CT molecular complexity index is 300. The molecule has 0 fully saturated rings. The molecule has 0 spiro atoms. The van der Waals surface area contributed by atoms with Crippen molar-refractivity contribution in [3.63, 3.8) is 0 Å². The fourth-order valence-corrected chi connectivity index (χ4v) is 3.46. The molecule has 1 unspecified atom stereocenters. The molecule has 0 N–H and O–H groups in total. The summed E-state index contributed by atoms with van der Waals surface area (Å²) in [6, 6.07) is 10.7. The Kier molecular flexibility index (Phi) is 4.62. The van der Waals surface area contributed by atoms with Gasteiger partial charge in [-0.15, -0.1) is 6.58 Å². The Labute approximate surface area is 88.1 Å². The van der Waals surface area contributed by atoms with Crippen molar-refractivity contribution in [1.82, 2.24) is 0 Å². The van der Waals surface area contributed by atoms with Crippen LogP contribution in [0.1, 0.15) is 6.92 Å². The van der Waals surface area contributed by atoms with Gasteiger partial charge in [-0.05, 0) is 24.6 Å². The molecule has 0 amide bonds. The third-order valence-corrected chi connectivity index (χ3v) is 4.58. The van der Waals surface area contributed by atoms with E-state index in [-0.39, 0.29) is 7.92 Å². The lowest BCUT2D eigenvalue weighted by molar-refractivity contribution is 1.42. The minimum absolute atomic E-state index is 0.113. The molecule has 0 aliphatic heterocycles. The Balaban J connectivity index is 2.77. The summed E-state index contributed by atoms with van der Waals surface area (Å²) in [4.78, 5) is 0. The summed E-state index contributed by atoms with van der Waals surface area (Å²) >= 11 is 0.